The van der Waals surface area contributed by atoms with Crippen LogP contribution in [0.1, 0.15) is 15.9 Å². The van der Waals surface area contributed by atoms with Gasteiger partial charge in [0.25, 0.3) is 0 Å². The van der Waals surface area contributed by atoms with Gasteiger partial charge in [-0.15, -0.1) is 0 Å². The van der Waals surface area contributed by atoms with Gasteiger partial charge in [-0.1, -0.05) is 24.3 Å². The molecule has 0 saturated heterocycles. The summed E-state index contributed by atoms with van der Waals surface area (Å²) in [4.78, 5) is 20.2. The highest BCUT2D eigenvalue weighted by atomic mass is 16.5. The number of fused-ring (bicyclic) bond motifs is 1. The van der Waals surface area contributed by atoms with Gasteiger partial charge in [0.1, 0.15) is 5.52 Å². The standard InChI is InChI=1S/C24H18N4O3/c1-26-24-27-13-20-18(17-5-3-4-14(10-17)12-25)11-19(22(31-2)21(20)28-24)15-6-8-16(9-7-15)23(29)30/h3-11,13H,1-2H3,(H,29,30)(H,26,27,28). The third kappa shape index (κ3) is 3.63. The molecular weight excluding hydrogens is 392 g/mol. The first-order valence-corrected chi connectivity index (χ1v) is 9.45. The quantitative estimate of drug-likeness (QED) is 0.495. The molecule has 0 unspecified atom stereocenters. The van der Waals surface area contributed by atoms with Crippen LogP contribution >= 0.6 is 0 Å². The number of carbonyl (C=O) groups is 1. The highest BCUT2D eigenvalue weighted by molar-refractivity contribution is 6.03. The molecule has 1 heterocycles. The Balaban J connectivity index is 2.05. The Bertz CT molecular complexity index is 1340. The van der Waals surface area contributed by atoms with E-state index in [0.717, 1.165) is 27.6 Å². The fourth-order valence-corrected chi connectivity index (χ4v) is 3.50. The van der Waals surface area contributed by atoms with Crippen LogP contribution in [-0.4, -0.2) is 35.2 Å². The minimum atomic E-state index is -0.988. The number of ether oxygens (including phenoxy) is 1. The number of hydrogen-bond acceptors (Lipinski definition) is 6. The molecule has 152 valence electrons. The van der Waals surface area contributed by atoms with Crippen LogP contribution in [0.2, 0.25) is 0 Å². The Kier molecular flexibility index (Phi) is 5.21. The minimum Gasteiger partial charge on any atom is -0.494 e. The molecule has 7 heteroatoms. The Morgan fingerprint density at radius 3 is 2.52 bits per heavy atom. The molecule has 0 aliphatic carbocycles. The molecule has 0 radical (unpaired) electrons. The molecule has 0 fully saturated rings. The summed E-state index contributed by atoms with van der Waals surface area (Å²) in [5, 5.41) is 22.3. The van der Waals surface area contributed by atoms with Crippen LogP contribution in [0.5, 0.6) is 5.75 Å². The van der Waals surface area contributed by atoms with Gasteiger partial charge in [0.2, 0.25) is 5.95 Å². The molecule has 2 N–H and O–H groups in total. The third-order valence-electron chi connectivity index (χ3n) is 5.00. The Morgan fingerprint density at radius 1 is 1.10 bits per heavy atom. The van der Waals surface area contributed by atoms with Crippen molar-refractivity contribution in [2.75, 3.05) is 19.5 Å². The first kappa shape index (κ1) is 19.9. The first-order valence-electron chi connectivity index (χ1n) is 9.45. The summed E-state index contributed by atoms with van der Waals surface area (Å²) in [6.07, 6.45) is 1.72. The van der Waals surface area contributed by atoms with Gasteiger partial charge >= 0.3 is 5.97 Å². The fraction of sp³-hybridized carbons (Fsp3) is 0.0833. The van der Waals surface area contributed by atoms with Crippen molar-refractivity contribution < 1.29 is 14.6 Å². The zero-order valence-electron chi connectivity index (χ0n) is 16.9. The number of nitrogens with one attached hydrogen (secondary N) is 1. The molecule has 4 rings (SSSR count). The maximum Gasteiger partial charge on any atom is 0.335 e. The summed E-state index contributed by atoms with van der Waals surface area (Å²) in [6.45, 7) is 0. The van der Waals surface area contributed by atoms with Crippen LogP contribution in [0.3, 0.4) is 0 Å². The van der Waals surface area contributed by atoms with Gasteiger partial charge in [0.05, 0.1) is 24.3 Å². The summed E-state index contributed by atoms with van der Waals surface area (Å²) in [5.41, 5.74) is 4.57. The number of rotatable bonds is 5. The van der Waals surface area contributed by atoms with Crippen LogP contribution in [-0.2, 0) is 0 Å². The summed E-state index contributed by atoms with van der Waals surface area (Å²) < 4.78 is 5.74. The lowest BCUT2D eigenvalue weighted by molar-refractivity contribution is 0.0697. The second kappa shape index (κ2) is 8.13. The molecule has 0 spiro atoms. The fourth-order valence-electron chi connectivity index (χ4n) is 3.50. The molecule has 0 aliphatic rings. The van der Waals surface area contributed by atoms with Crippen molar-refractivity contribution in [2.24, 2.45) is 0 Å². The number of anilines is 1. The molecule has 31 heavy (non-hydrogen) atoms. The van der Waals surface area contributed by atoms with Gasteiger partial charge < -0.3 is 15.2 Å². The van der Waals surface area contributed by atoms with Crippen LogP contribution in [0.15, 0.2) is 60.8 Å². The van der Waals surface area contributed by atoms with E-state index in [2.05, 4.69) is 21.4 Å². The average Bonchev–Trinajstić information content (AvgIpc) is 2.82. The van der Waals surface area contributed by atoms with Gasteiger partial charge in [-0.3, -0.25) is 0 Å². The number of nitrogens with zero attached hydrogens (tertiary/aromatic N) is 3. The SMILES string of the molecule is CNc1ncc2c(-c3cccc(C#N)c3)cc(-c3ccc(C(=O)O)cc3)c(OC)c2n1. The summed E-state index contributed by atoms with van der Waals surface area (Å²) in [5.74, 6) is 0.00972. The van der Waals surface area contributed by atoms with Gasteiger partial charge in [-0.05, 0) is 47.0 Å². The van der Waals surface area contributed by atoms with Crippen molar-refractivity contribution in [2.45, 2.75) is 0 Å². The number of aromatic carboxylic acids is 1. The topological polar surface area (TPSA) is 108 Å². The monoisotopic (exact) mass is 410 g/mol. The van der Waals surface area contributed by atoms with E-state index in [1.54, 1.807) is 50.7 Å². The predicted molar refractivity (Wildman–Crippen MR) is 118 cm³/mol. The number of aromatic nitrogens is 2. The van der Waals surface area contributed by atoms with Gasteiger partial charge in [0.15, 0.2) is 5.75 Å². The van der Waals surface area contributed by atoms with Gasteiger partial charge in [-0.25, -0.2) is 14.8 Å². The van der Waals surface area contributed by atoms with Crippen LogP contribution in [0, 0.1) is 11.3 Å². The average molecular weight is 410 g/mol. The summed E-state index contributed by atoms with van der Waals surface area (Å²) in [6, 6.07) is 18.0. The molecule has 3 aromatic carbocycles. The molecule has 4 aromatic rings. The maximum atomic E-state index is 11.2. The van der Waals surface area contributed by atoms with Crippen molar-refractivity contribution in [3.63, 3.8) is 0 Å². The maximum absolute atomic E-state index is 11.2. The lowest BCUT2D eigenvalue weighted by atomic mass is 9.93. The van der Waals surface area contributed by atoms with Gasteiger partial charge in [-0.2, -0.15) is 5.26 Å². The molecule has 0 amide bonds. The number of methoxy groups -OCH3 is 1. The second-order valence-electron chi connectivity index (χ2n) is 6.79. The van der Waals surface area contributed by atoms with Crippen molar-refractivity contribution >= 4 is 22.8 Å². The Hall–Kier alpha value is -4.44. The molecule has 0 bridgehead atoms. The molecule has 1 aromatic heterocycles. The van der Waals surface area contributed by atoms with E-state index in [1.165, 1.54) is 0 Å². The zero-order chi connectivity index (χ0) is 22.0. The molecule has 0 aliphatic heterocycles. The minimum absolute atomic E-state index is 0.199. The van der Waals surface area contributed by atoms with Crippen molar-refractivity contribution in [3.8, 4) is 34.1 Å². The number of benzene rings is 3. The Morgan fingerprint density at radius 2 is 1.87 bits per heavy atom. The van der Waals surface area contributed by atoms with E-state index in [-0.39, 0.29) is 5.56 Å². The number of nitriles is 1. The number of carboxylic acid groups (broad SMARTS) is 1. The number of hydrogen-bond donors (Lipinski definition) is 2. The van der Waals surface area contributed by atoms with E-state index < -0.39 is 5.97 Å². The van der Waals surface area contributed by atoms with E-state index in [0.29, 0.717) is 22.8 Å². The van der Waals surface area contributed by atoms with Crippen LogP contribution < -0.4 is 10.1 Å². The second-order valence-corrected chi connectivity index (χ2v) is 6.79. The lowest BCUT2D eigenvalue weighted by Gasteiger charge is -2.16. The van der Waals surface area contributed by atoms with Crippen molar-refractivity contribution in [3.05, 3.63) is 71.9 Å². The zero-order valence-corrected chi connectivity index (χ0v) is 16.9. The smallest absolute Gasteiger partial charge is 0.335 e. The summed E-state index contributed by atoms with van der Waals surface area (Å²) in [7, 11) is 3.31. The lowest BCUT2D eigenvalue weighted by Crippen LogP contribution is -2.00. The highest BCUT2D eigenvalue weighted by Gasteiger charge is 2.18. The molecule has 0 saturated carbocycles. The van der Waals surface area contributed by atoms with E-state index >= 15 is 0 Å². The van der Waals surface area contributed by atoms with Crippen molar-refractivity contribution in [1.82, 2.24) is 9.97 Å². The third-order valence-corrected chi connectivity index (χ3v) is 5.00. The molecular formula is C24H18N4O3. The largest absolute Gasteiger partial charge is 0.494 e. The summed E-state index contributed by atoms with van der Waals surface area (Å²) >= 11 is 0. The van der Waals surface area contributed by atoms with E-state index in [9.17, 15) is 15.2 Å². The van der Waals surface area contributed by atoms with E-state index in [4.69, 9.17) is 4.74 Å². The Labute approximate surface area is 178 Å². The normalized spacial score (nSPS) is 10.5. The molecule has 7 nitrogen and oxygen atoms in total. The van der Waals surface area contributed by atoms with Crippen LogP contribution in [0.25, 0.3) is 33.2 Å². The predicted octanol–water partition coefficient (Wildman–Crippen LogP) is 4.58. The highest BCUT2D eigenvalue weighted by Crippen LogP contribution is 2.41. The molecule has 0 atom stereocenters. The van der Waals surface area contributed by atoms with Crippen LogP contribution in [0.4, 0.5) is 5.95 Å². The first-order chi connectivity index (χ1) is 15.0. The van der Waals surface area contributed by atoms with Crippen molar-refractivity contribution in [1.29, 1.82) is 5.26 Å². The van der Waals surface area contributed by atoms with E-state index in [1.807, 2.05) is 24.3 Å². The van der Waals surface area contributed by atoms with Gasteiger partial charge in [0, 0.05) is 24.2 Å². The number of carboxylic acids is 1.